The van der Waals surface area contributed by atoms with Crippen molar-refractivity contribution in [2.75, 3.05) is 49.6 Å². The van der Waals surface area contributed by atoms with Crippen LogP contribution in [0.2, 0.25) is 0 Å². The van der Waals surface area contributed by atoms with Gasteiger partial charge in [-0.25, -0.2) is 0 Å². The van der Waals surface area contributed by atoms with Crippen LogP contribution in [0.1, 0.15) is 20.3 Å². The van der Waals surface area contributed by atoms with Crippen LogP contribution in [0.15, 0.2) is 24.3 Å². The molecule has 1 saturated heterocycles. The predicted octanol–water partition coefficient (Wildman–Crippen LogP) is 2.58. The fraction of sp³-hybridized carbons (Fsp3) is 0.625. The van der Waals surface area contributed by atoms with E-state index < -0.39 is 0 Å². The average Bonchev–Trinajstić information content (AvgIpc) is 2.90. The maximum Gasteiger partial charge on any atom is 0.0367 e. The highest BCUT2D eigenvalue weighted by molar-refractivity contribution is 5.56. The fourth-order valence-corrected chi connectivity index (χ4v) is 2.99. The van der Waals surface area contributed by atoms with Crippen molar-refractivity contribution in [1.29, 1.82) is 0 Å². The van der Waals surface area contributed by atoms with Crippen molar-refractivity contribution in [3.63, 3.8) is 0 Å². The second kappa shape index (κ2) is 6.80. The van der Waals surface area contributed by atoms with Crippen molar-refractivity contribution >= 4 is 11.4 Å². The van der Waals surface area contributed by atoms with Crippen LogP contribution in [-0.4, -0.2) is 39.8 Å². The first-order chi connectivity index (χ1) is 9.28. The van der Waals surface area contributed by atoms with Gasteiger partial charge in [0, 0.05) is 37.6 Å². The largest absolute Gasteiger partial charge is 0.372 e. The van der Waals surface area contributed by atoms with Crippen molar-refractivity contribution in [3.05, 3.63) is 24.3 Å². The van der Waals surface area contributed by atoms with Gasteiger partial charge in [0.15, 0.2) is 0 Å². The van der Waals surface area contributed by atoms with Crippen molar-refractivity contribution in [3.8, 4) is 0 Å². The predicted molar refractivity (Wildman–Crippen MR) is 84.2 cm³/mol. The van der Waals surface area contributed by atoms with E-state index in [1.807, 2.05) is 7.05 Å². The van der Waals surface area contributed by atoms with E-state index in [-0.39, 0.29) is 0 Å². The van der Waals surface area contributed by atoms with E-state index in [0.29, 0.717) is 0 Å². The van der Waals surface area contributed by atoms with Crippen LogP contribution >= 0.6 is 0 Å². The lowest BCUT2D eigenvalue weighted by Crippen LogP contribution is -2.24. The van der Waals surface area contributed by atoms with Gasteiger partial charge in [0.2, 0.25) is 0 Å². The lowest BCUT2D eigenvalue weighted by atomic mass is 10.1. The average molecular weight is 261 g/mol. The van der Waals surface area contributed by atoms with Gasteiger partial charge in [-0.05, 0) is 64.0 Å². The quantitative estimate of drug-likeness (QED) is 0.849. The second-order valence-corrected chi connectivity index (χ2v) is 5.35. The molecule has 2 rings (SSSR count). The Balaban J connectivity index is 1.99. The molecule has 1 atom stereocenters. The molecular formula is C16H27N3. The smallest absolute Gasteiger partial charge is 0.0367 e. The summed E-state index contributed by atoms with van der Waals surface area (Å²) in [6.07, 6.45) is 1.30. The van der Waals surface area contributed by atoms with Crippen molar-refractivity contribution < 1.29 is 0 Å². The lowest BCUT2D eigenvalue weighted by molar-refractivity contribution is 0.549. The summed E-state index contributed by atoms with van der Waals surface area (Å²) in [5.74, 6) is 0.799. The molecule has 1 heterocycles. The Morgan fingerprint density at radius 2 is 1.89 bits per heavy atom. The van der Waals surface area contributed by atoms with Crippen LogP contribution in [0, 0.1) is 5.92 Å². The Hall–Kier alpha value is -1.22. The van der Waals surface area contributed by atoms with E-state index in [1.165, 1.54) is 30.9 Å². The molecule has 3 nitrogen and oxygen atoms in total. The maximum absolute atomic E-state index is 3.29. The zero-order chi connectivity index (χ0) is 13.7. The summed E-state index contributed by atoms with van der Waals surface area (Å²) in [5.41, 5.74) is 2.70. The van der Waals surface area contributed by atoms with Crippen molar-refractivity contribution in [2.45, 2.75) is 20.3 Å². The monoisotopic (exact) mass is 261 g/mol. The Bertz CT molecular complexity index is 370. The standard InChI is InChI=1S/C16H27N3/c1-4-18(5-2)15-6-8-16(9-7-15)19-11-10-14(13-19)12-17-3/h6-9,14,17H,4-5,10-13H2,1-3H3. The third kappa shape index (κ3) is 3.41. The Labute approximate surface area is 117 Å². The summed E-state index contributed by atoms with van der Waals surface area (Å²) < 4.78 is 0. The summed E-state index contributed by atoms with van der Waals surface area (Å²) >= 11 is 0. The van der Waals surface area contributed by atoms with E-state index in [2.05, 4.69) is 53.2 Å². The summed E-state index contributed by atoms with van der Waals surface area (Å²) in [5, 5.41) is 3.29. The molecule has 0 aliphatic carbocycles. The molecule has 1 aromatic carbocycles. The number of benzene rings is 1. The molecule has 1 unspecified atom stereocenters. The van der Waals surface area contributed by atoms with Crippen LogP contribution in [0.5, 0.6) is 0 Å². The Kier molecular flexibility index (Phi) is 5.08. The molecule has 1 fully saturated rings. The minimum atomic E-state index is 0.799. The molecule has 1 aliphatic rings. The minimum absolute atomic E-state index is 0.799. The molecular weight excluding hydrogens is 234 g/mol. The third-order valence-electron chi connectivity index (χ3n) is 4.12. The zero-order valence-electron chi connectivity index (χ0n) is 12.5. The SMILES string of the molecule is CCN(CC)c1ccc(N2CCC(CNC)C2)cc1. The van der Waals surface area contributed by atoms with Gasteiger partial charge in [-0.2, -0.15) is 0 Å². The number of hydrogen-bond acceptors (Lipinski definition) is 3. The van der Waals surface area contributed by atoms with Gasteiger partial charge in [-0.3, -0.25) is 0 Å². The van der Waals surface area contributed by atoms with Gasteiger partial charge in [-0.15, -0.1) is 0 Å². The maximum atomic E-state index is 3.29. The first-order valence-electron chi connectivity index (χ1n) is 7.53. The van der Waals surface area contributed by atoms with Crippen LogP contribution in [0.25, 0.3) is 0 Å². The van der Waals surface area contributed by atoms with E-state index in [9.17, 15) is 0 Å². The first kappa shape index (κ1) is 14.2. The van der Waals surface area contributed by atoms with Crippen molar-refractivity contribution in [2.24, 2.45) is 5.92 Å². The highest BCUT2D eigenvalue weighted by atomic mass is 15.2. The number of nitrogens with zero attached hydrogens (tertiary/aromatic N) is 2. The molecule has 0 bridgehead atoms. The molecule has 1 aliphatic heterocycles. The van der Waals surface area contributed by atoms with E-state index in [4.69, 9.17) is 0 Å². The summed E-state index contributed by atoms with van der Waals surface area (Å²) in [6, 6.07) is 9.06. The van der Waals surface area contributed by atoms with Gasteiger partial charge >= 0.3 is 0 Å². The highest BCUT2D eigenvalue weighted by Gasteiger charge is 2.21. The summed E-state index contributed by atoms with van der Waals surface area (Å²) in [7, 11) is 2.04. The fourth-order valence-electron chi connectivity index (χ4n) is 2.99. The molecule has 1 N–H and O–H groups in total. The van der Waals surface area contributed by atoms with Crippen LogP contribution in [0.3, 0.4) is 0 Å². The minimum Gasteiger partial charge on any atom is -0.372 e. The summed E-state index contributed by atoms with van der Waals surface area (Å²) in [6.45, 7) is 10.1. The third-order valence-corrected chi connectivity index (χ3v) is 4.12. The van der Waals surface area contributed by atoms with Gasteiger partial charge < -0.3 is 15.1 Å². The number of anilines is 2. The van der Waals surface area contributed by atoms with Crippen LogP contribution in [0.4, 0.5) is 11.4 Å². The molecule has 0 aromatic heterocycles. The molecule has 19 heavy (non-hydrogen) atoms. The van der Waals surface area contributed by atoms with Crippen LogP contribution in [-0.2, 0) is 0 Å². The van der Waals surface area contributed by atoms with Crippen LogP contribution < -0.4 is 15.1 Å². The second-order valence-electron chi connectivity index (χ2n) is 5.35. The van der Waals surface area contributed by atoms with E-state index in [0.717, 1.165) is 25.6 Å². The van der Waals surface area contributed by atoms with Gasteiger partial charge in [0.05, 0.1) is 0 Å². The molecule has 106 valence electrons. The van der Waals surface area contributed by atoms with Gasteiger partial charge in [-0.1, -0.05) is 0 Å². The molecule has 0 saturated carbocycles. The molecule has 0 amide bonds. The summed E-state index contributed by atoms with van der Waals surface area (Å²) in [4.78, 5) is 4.89. The van der Waals surface area contributed by atoms with E-state index >= 15 is 0 Å². The molecule has 0 spiro atoms. The molecule has 3 heteroatoms. The molecule has 1 aromatic rings. The van der Waals surface area contributed by atoms with Gasteiger partial charge in [0.25, 0.3) is 0 Å². The normalized spacial score (nSPS) is 18.9. The topological polar surface area (TPSA) is 18.5 Å². The Morgan fingerprint density at radius 1 is 1.21 bits per heavy atom. The van der Waals surface area contributed by atoms with E-state index in [1.54, 1.807) is 0 Å². The Morgan fingerprint density at radius 3 is 2.47 bits per heavy atom. The lowest BCUT2D eigenvalue weighted by Gasteiger charge is -2.23. The first-order valence-corrected chi connectivity index (χ1v) is 7.53. The number of rotatable bonds is 6. The molecule has 0 radical (unpaired) electrons. The highest BCUT2D eigenvalue weighted by Crippen LogP contribution is 2.25. The van der Waals surface area contributed by atoms with Gasteiger partial charge in [0.1, 0.15) is 0 Å². The van der Waals surface area contributed by atoms with Crippen molar-refractivity contribution in [1.82, 2.24) is 5.32 Å². The number of hydrogen-bond donors (Lipinski definition) is 1. The number of nitrogens with one attached hydrogen (secondary N) is 1. The zero-order valence-corrected chi connectivity index (χ0v) is 12.5.